The van der Waals surface area contributed by atoms with Gasteiger partial charge in [0.15, 0.2) is 0 Å². The largest absolute Gasteiger partial charge is 0.392 e. The summed E-state index contributed by atoms with van der Waals surface area (Å²) in [4.78, 5) is 8.91. The van der Waals surface area contributed by atoms with Crippen LogP contribution in [0.15, 0.2) is 42.6 Å². The number of aliphatic hydroxyl groups is 1. The number of piperazine rings is 1. The van der Waals surface area contributed by atoms with E-state index < -0.39 is 0 Å². The van der Waals surface area contributed by atoms with E-state index in [1.54, 1.807) is 0 Å². The molecule has 0 saturated carbocycles. The monoisotopic (exact) mass is 303 g/mol. The number of hydrogen-bond acceptors (Lipinski definition) is 4. The Morgan fingerprint density at radius 3 is 2.43 bits per heavy atom. The lowest BCUT2D eigenvalue weighted by atomic mass is 10.1. The van der Waals surface area contributed by atoms with E-state index in [1.807, 2.05) is 42.6 Å². The SMILES string of the molecule is OCc1cccc(Cl)c1N1CCN(c2ccccn2)CC1. The number of halogens is 1. The van der Waals surface area contributed by atoms with E-state index in [4.69, 9.17) is 11.6 Å². The zero-order valence-electron chi connectivity index (χ0n) is 11.7. The number of rotatable bonds is 3. The van der Waals surface area contributed by atoms with Crippen molar-refractivity contribution in [2.45, 2.75) is 6.61 Å². The summed E-state index contributed by atoms with van der Waals surface area (Å²) in [5.41, 5.74) is 1.84. The fourth-order valence-electron chi connectivity index (χ4n) is 2.74. The molecule has 0 amide bonds. The topological polar surface area (TPSA) is 39.6 Å². The van der Waals surface area contributed by atoms with Gasteiger partial charge in [-0.25, -0.2) is 4.98 Å². The molecule has 1 aromatic carbocycles. The first kappa shape index (κ1) is 14.2. The molecule has 0 atom stereocenters. The van der Waals surface area contributed by atoms with Gasteiger partial charge in [0.1, 0.15) is 5.82 Å². The van der Waals surface area contributed by atoms with Gasteiger partial charge in [-0.2, -0.15) is 0 Å². The van der Waals surface area contributed by atoms with Crippen LogP contribution < -0.4 is 9.80 Å². The first-order chi connectivity index (χ1) is 10.3. The van der Waals surface area contributed by atoms with Crippen LogP contribution in [0, 0.1) is 0 Å². The van der Waals surface area contributed by atoms with E-state index in [9.17, 15) is 5.11 Å². The Balaban J connectivity index is 1.75. The molecule has 1 aliphatic rings. The third kappa shape index (κ3) is 2.96. The minimum atomic E-state index is 0.0103. The molecular formula is C16H18ClN3O. The van der Waals surface area contributed by atoms with Gasteiger partial charge in [0, 0.05) is 37.9 Å². The van der Waals surface area contributed by atoms with Crippen LogP contribution in [0.25, 0.3) is 0 Å². The molecule has 2 heterocycles. The standard InChI is InChI=1S/C16H18ClN3O/c17-14-5-3-4-13(12-21)16(14)20-10-8-19(9-11-20)15-6-1-2-7-18-15/h1-7,21H,8-12H2. The second-order valence-electron chi connectivity index (χ2n) is 5.07. The Labute approximate surface area is 129 Å². The number of aromatic nitrogens is 1. The summed E-state index contributed by atoms with van der Waals surface area (Å²) >= 11 is 6.32. The first-order valence-electron chi connectivity index (χ1n) is 7.09. The number of pyridine rings is 1. The summed E-state index contributed by atoms with van der Waals surface area (Å²) in [5, 5.41) is 10.2. The Bertz CT molecular complexity index is 598. The minimum absolute atomic E-state index is 0.0103. The molecule has 1 saturated heterocycles. The molecule has 1 aromatic heterocycles. The highest BCUT2D eigenvalue weighted by Crippen LogP contribution is 2.31. The van der Waals surface area contributed by atoms with Crippen molar-refractivity contribution in [3.63, 3.8) is 0 Å². The van der Waals surface area contributed by atoms with Crippen molar-refractivity contribution >= 4 is 23.1 Å². The van der Waals surface area contributed by atoms with Gasteiger partial charge >= 0.3 is 0 Å². The van der Waals surface area contributed by atoms with Gasteiger partial charge in [0.25, 0.3) is 0 Å². The summed E-state index contributed by atoms with van der Waals surface area (Å²) < 4.78 is 0. The first-order valence-corrected chi connectivity index (χ1v) is 7.46. The van der Waals surface area contributed by atoms with Crippen LogP contribution in [0.3, 0.4) is 0 Å². The number of anilines is 2. The highest BCUT2D eigenvalue weighted by atomic mass is 35.5. The molecule has 1 fully saturated rings. The number of para-hydroxylation sites is 1. The van der Waals surface area contributed by atoms with Gasteiger partial charge in [-0.3, -0.25) is 0 Å². The van der Waals surface area contributed by atoms with E-state index >= 15 is 0 Å². The second kappa shape index (κ2) is 6.33. The quantitative estimate of drug-likeness (QED) is 0.946. The number of hydrogen-bond donors (Lipinski definition) is 1. The Morgan fingerprint density at radius 2 is 1.76 bits per heavy atom. The molecule has 2 aromatic rings. The molecule has 0 spiro atoms. The molecule has 3 rings (SSSR count). The Hall–Kier alpha value is -1.78. The number of nitrogens with zero attached hydrogens (tertiary/aromatic N) is 3. The fraction of sp³-hybridized carbons (Fsp3) is 0.312. The maximum atomic E-state index is 9.50. The highest BCUT2D eigenvalue weighted by Gasteiger charge is 2.21. The summed E-state index contributed by atoms with van der Waals surface area (Å²) in [7, 11) is 0. The van der Waals surface area contributed by atoms with Gasteiger partial charge in [-0.1, -0.05) is 29.8 Å². The number of benzene rings is 1. The molecule has 0 radical (unpaired) electrons. The van der Waals surface area contributed by atoms with E-state index in [1.165, 1.54) is 0 Å². The van der Waals surface area contributed by atoms with Gasteiger partial charge in [-0.05, 0) is 18.2 Å². The summed E-state index contributed by atoms with van der Waals surface area (Å²) in [6.45, 7) is 3.54. The Kier molecular flexibility index (Phi) is 4.27. The van der Waals surface area contributed by atoms with E-state index in [0.717, 1.165) is 43.2 Å². The molecule has 0 aliphatic carbocycles. The minimum Gasteiger partial charge on any atom is -0.392 e. The third-order valence-electron chi connectivity index (χ3n) is 3.81. The van der Waals surface area contributed by atoms with E-state index in [2.05, 4.69) is 14.8 Å². The van der Waals surface area contributed by atoms with Crippen molar-refractivity contribution in [1.82, 2.24) is 4.98 Å². The molecule has 0 bridgehead atoms. The molecule has 5 heteroatoms. The molecule has 110 valence electrons. The molecule has 21 heavy (non-hydrogen) atoms. The molecule has 0 unspecified atom stereocenters. The average Bonchev–Trinajstić information content (AvgIpc) is 2.55. The second-order valence-corrected chi connectivity index (χ2v) is 5.47. The lowest BCUT2D eigenvalue weighted by Gasteiger charge is -2.37. The zero-order chi connectivity index (χ0) is 14.7. The van der Waals surface area contributed by atoms with Crippen LogP contribution in [0.2, 0.25) is 5.02 Å². The summed E-state index contributed by atoms with van der Waals surface area (Å²) in [6.07, 6.45) is 1.82. The van der Waals surface area contributed by atoms with Crippen LogP contribution in [0.4, 0.5) is 11.5 Å². The zero-order valence-corrected chi connectivity index (χ0v) is 12.5. The smallest absolute Gasteiger partial charge is 0.128 e. The lowest BCUT2D eigenvalue weighted by molar-refractivity contribution is 0.282. The van der Waals surface area contributed by atoms with Gasteiger partial charge in [0.2, 0.25) is 0 Å². The summed E-state index contributed by atoms with van der Waals surface area (Å²) in [5.74, 6) is 1.01. The van der Waals surface area contributed by atoms with Gasteiger partial charge < -0.3 is 14.9 Å². The lowest BCUT2D eigenvalue weighted by Crippen LogP contribution is -2.47. The van der Waals surface area contributed by atoms with Crippen molar-refractivity contribution in [3.8, 4) is 0 Å². The predicted molar refractivity (Wildman–Crippen MR) is 86.0 cm³/mol. The van der Waals surface area contributed by atoms with Crippen LogP contribution in [0.5, 0.6) is 0 Å². The molecule has 1 N–H and O–H groups in total. The third-order valence-corrected chi connectivity index (χ3v) is 4.11. The van der Waals surface area contributed by atoms with Gasteiger partial charge in [0.05, 0.1) is 17.3 Å². The summed E-state index contributed by atoms with van der Waals surface area (Å²) in [6, 6.07) is 11.6. The van der Waals surface area contributed by atoms with Crippen molar-refractivity contribution in [2.24, 2.45) is 0 Å². The predicted octanol–water partition coefficient (Wildman–Crippen LogP) is 2.55. The van der Waals surface area contributed by atoms with E-state index in [0.29, 0.717) is 5.02 Å². The highest BCUT2D eigenvalue weighted by molar-refractivity contribution is 6.33. The van der Waals surface area contributed by atoms with Crippen LogP contribution in [-0.4, -0.2) is 36.3 Å². The van der Waals surface area contributed by atoms with Crippen molar-refractivity contribution in [3.05, 3.63) is 53.2 Å². The van der Waals surface area contributed by atoms with Crippen LogP contribution in [-0.2, 0) is 6.61 Å². The maximum Gasteiger partial charge on any atom is 0.128 e. The fourth-order valence-corrected chi connectivity index (χ4v) is 3.06. The average molecular weight is 304 g/mol. The normalized spacial score (nSPS) is 15.3. The molecular weight excluding hydrogens is 286 g/mol. The van der Waals surface area contributed by atoms with Crippen molar-refractivity contribution in [2.75, 3.05) is 36.0 Å². The van der Waals surface area contributed by atoms with E-state index in [-0.39, 0.29) is 6.61 Å². The van der Waals surface area contributed by atoms with Crippen molar-refractivity contribution in [1.29, 1.82) is 0 Å². The number of aliphatic hydroxyl groups excluding tert-OH is 1. The van der Waals surface area contributed by atoms with Crippen LogP contribution >= 0.6 is 11.6 Å². The maximum absolute atomic E-state index is 9.50. The van der Waals surface area contributed by atoms with Gasteiger partial charge in [-0.15, -0.1) is 0 Å². The molecule has 1 aliphatic heterocycles. The Morgan fingerprint density at radius 1 is 1.00 bits per heavy atom. The van der Waals surface area contributed by atoms with Crippen molar-refractivity contribution < 1.29 is 5.11 Å². The molecule has 4 nitrogen and oxygen atoms in total. The van der Waals surface area contributed by atoms with Crippen LogP contribution in [0.1, 0.15) is 5.56 Å².